The van der Waals surface area contributed by atoms with E-state index in [4.69, 9.17) is 4.74 Å². The minimum atomic E-state index is -0.439. The average molecular weight is 254 g/mol. The Morgan fingerprint density at radius 2 is 2.11 bits per heavy atom. The molecular formula is C13H10N4O2. The lowest BCUT2D eigenvalue weighted by Crippen LogP contribution is -2.04. The third kappa shape index (κ3) is 1.83. The number of pyridine rings is 2. The number of hydrogen-bond acceptors (Lipinski definition) is 5. The molecule has 0 aliphatic rings. The largest absolute Gasteiger partial charge is 0.465 e. The van der Waals surface area contributed by atoms with Crippen LogP contribution in [0, 0.1) is 0 Å². The van der Waals surface area contributed by atoms with E-state index in [1.165, 1.54) is 7.11 Å². The summed E-state index contributed by atoms with van der Waals surface area (Å²) in [4.78, 5) is 15.9. The van der Waals surface area contributed by atoms with Crippen LogP contribution in [0.2, 0.25) is 0 Å². The van der Waals surface area contributed by atoms with Gasteiger partial charge in [0.05, 0.1) is 7.11 Å². The minimum absolute atomic E-state index is 0.375. The molecule has 3 aromatic heterocycles. The number of nitrogens with zero attached hydrogens (tertiary/aromatic N) is 4. The number of carbonyl (C=O) groups is 1. The summed E-state index contributed by atoms with van der Waals surface area (Å²) in [5, 5.41) is 8.12. The molecule has 3 aromatic rings. The number of hydrogen-bond donors (Lipinski definition) is 0. The molecular weight excluding hydrogens is 244 g/mol. The number of rotatable bonds is 2. The summed E-state index contributed by atoms with van der Waals surface area (Å²) in [6.45, 7) is 0. The van der Waals surface area contributed by atoms with Gasteiger partial charge in [0.15, 0.2) is 11.5 Å². The minimum Gasteiger partial charge on any atom is -0.465 e. The van der Waals surface area contributed by atoms with Gasteiger partial charge >= 0.3 is 5.97 Å². The van der Waals surface area contributed by atoms with Gasteiger partial charge in [-0.05, 0) is 24.3 Å². The van der Waals surface area contributed by atoms with Crippen molar-refractivity contribution in [2.75, 3.05) is 7.11 Å². The third-order valence-electron chi connectivity index (χ3n) is 2.73. The number of carbonyl (C=O) groups excluding carboxylic acids is 1. The van der Waals surface area contributed by atoms with Crippen LogP contribution >= 0.6 is 0 Å². The molecule has 0 amide bonds. The van der Waals surface area contributed by atoms with Crippen molar-refractivity contribution in [3.05, 3.63) is 48.3 Å². The van der Waals surface area contributed by atoms with E-state index in [2.05, 4.69) is 15.2 Å². The van der Waals surface area contributed by atoms with Gasteiger partial charge in [-0.3, -0.25) is 9.38 Å². The van der Waals surface area contributed by atoms with Gasteiger partial charge in [-0.2, -0.15) is 0 Å². The van der Waals surface area contributed by atoms with E-state index in [9.17, 15) is 4.79 Å². The first-order valence-corrected chi connectivity index (χ1v) is 5.64. The standard InChI is InChI=1S/C13H10N4O2/c1-19-13(18)9-5-4-8-17-11(9)15-16-12(17)10-6-2-3-7-14-10/h2-8H,1H3. The highest BCUT2D eigenvalue weighted by atomic mass is 16.5. The highest BCUT2D eigenvalue weighted by Crippen LogP contribution is 2.18. The van der Waals surface area contributed by atoms with E-state index in [0.29, 0.717) is 22.7 Å². The number of methoxy groups -OCH3 is 1. The molecule has 0 bridgehead atoms. The van der Waals surface area contributed by atoms with Gasteiger partial charge in [-0.15, -0.1) is 10.2 Å². The quantitative estimate of drug-likeness (QED) is 0.649. The number of ether oxygens (including phenoxy) is 1. The van der Waals surface area contributed by atoms with E-state index < -0.39 is 5.97 Å². The molecule has 0 spiro atoms. The van der Waals surface area contributed by atoms with Crippen molar-refractivity contribution in [1.82, 2.24) is 19.6 Å². The Balaban J connectivity index is 2.23. The normalized spacial score (nSPS) is 10.6. The first-order valence-electron chi connectivity index (χ1n) is 5.64. The lowest BCUT2D eigenvalue weighted by molar-refractivity contribution is 0.0602. The van der Waals surface area contributed by atoms with E-state index in [1.54, 1.807) is 28.9 Å². The van der Waals surface area contributed by atoms with Crippen LogP contribution in [0.15, 0.2) is 42.7 Å². The molecule has 0 fully saturated rings. The predicted molar refractivity (Wildman–Crippen MR) is 67.6 cm³/mol. The fraction of sp³-hybridized carbons (Fsp3) is 0.0769. The Hall–Kier alpha value is -2.76. The summed E-state index contributed by atoms with van der Waals surface area (Å²) in [7, 11) is 1.34. The molecule has 3 heterocycles. The lowest BCUT2D eigenvalue weighted by Gasteiger charge is -2.02. The third-order valence-corrected chi connectivity index (χ3v) is 2.73. The van der Waals surface area contributed by atoms with Crippen LogP contribution in [0.1, 0.15) is 10.4 Å². The van der Waals surface area contributed by atoms with Crippen LogP contribution in [0.3, 0.4) is 0 Å². The van der Waals surface area contributed by atoms with Crippen molar-refractivity contribution in [2.24, 2.45) is 0 Å². The van der Waals surface area contributed by atoms with E-state index >= 15 is 0 Å². The molecule has 6 heteroatoms. The molecule has 6 nitrogen and oxygen atoms in total. The van der Waals surface area contributed by atoms with Crippen molar-refractivity contribution in [2.45, 2.75) is 0 Å². The Morgan fingerprint density at radius 1 is 1.21 bits per heavy atom. The molecule has 0 unspecified atom stereocenters. The van der Waals surface area contributed by atoms with Crippen molar-refractivity contribution in [3.8, 4) is 11.5 Å². The number of esters is 1. The molecule has 0 saturated heterocycles. The molecule has 0 radical (unpaired) electrons. The smallest absolute Gasteiger partial charge is 0.341 e. The van der Waals surface area contributed by atoms with Crippen LogP contribution < -0.4 is 0 Å². The van der Waals surface area contributed by atoms with Gasteiger partial charge < -0.3 is 4.74 Å². The fourth-order valence-corrected chi connectivity index (χ4v) is 1.86. The Bertz CT molecular complexity index is 737. The number of fused-ring (bicyclic) bond motifs is 1. The second-order valence-electron chi connectivity index (χ2n) is 3.85. The first kappa shape index (κ1) is 11.3. The lowest BCUT2D eigenvalue weighted by atomic mass is 10.2. The van der Waals surface area contributed by atoms with Crippen molar-refractivity contribution in [1.29, 1.82) is 0 Å². The van der Waals surface area contributed by atoms with Crippen LogP contribution in [0.25, 0.3) is 17.2 Å². The summed E-state index contributed by atoms with van der Waals surface area (Å²) < 4.78 is 6.44. The van der Waals surface area contributed by atoms with E-state index in [1.807, 2.05) is 18.2 Å². The summed E-state index contributed by atoms with van der Waals surface area (Å²) in [6.07, 6.45) is 3.46. The Kier molecular flexibility index (Phi) is 2.68. The fourth-order valence-electron chi connectivity index (χ4n) is 1.86. The van der Waals surface area contributed by atoms with Gasteiger partial charge in [0.2, 0.25) is 0 Å². The first-order chi connectivity index (χ1) is 9.31. The van der Waals surface area contributed by atoms with Crippen molar-refractivity contribution < 1.29 is 9.53 Å². The molecule has 0 aliphatic carbocycles. The maximum Gasteiger partial charge on any atom is 0.341 e. The highest BCUT2D eigenvalue weighted by molar-refractivity contribution is 5.95. The Morgan fingerprint density at radius 3 is 2.84 bits per heavy atom. The van der Waals surface area contributed by atoms with Gasteiger partial charge in [-0.25, -0.2) is 4.79 Å². The summed E-state index contributed by atoms with van der Waals surface area (Å²) in [5.41, 5.74) is 1.52. The van der Waals surface area contributed by atoms with E-state index in [0.717, 1.165) is 0 Å². The zero-order valence-electron chi connectivity index (χ0n) is 10.1. The van der Waals surface area contributed by atoms with E-state index in [-0.39, 0.29) is 0 Å². The molecule has 0 aliphatic heterocycles. The molecule has 3 rings (SSSR count). The maximum atomic E-state index is 11.7. The van der Waals surface area contributed by atoms with Gasteiger partial charge in [0, 0.05) is 12.4 Å². The summed E-state index contributed by atoms with van der Waals surface area (Å²) in [5.74, 6) is 0.145. The maximum absolute atomic E-state index is 11.7. The second-order valence-corrected chi connectivity index (χ2v) is 3.85. The summed E-state index contributed by atoms with van der Waals surface area (Å²) in [6, 6.07) is 8.93. The molecule has 0 aromatic carbocycles. The van der Waals surface area contributed by atoms with Gasteiger partial charge in [0.1, 0.15) is 11.3 Å². The topological polar surface area (TPSA) is 69.4 Å². The SMILES string of the molecule is COC(=O)c1cccn2c(-c3ccccn3)nnc12. The molecule has 0 N–H and O–H groups in total. The van der Waals surface area contributed by atoms with Crippen LogP contribution in [0.5, 0.6) is 0 Å². The zero-order chi connectivity index (χ0) is 13.2. The van der Waals surface area contributed by atoms with Crippen LogP contribution in [-0.2, 0) is 4.74 Å². The van der Waals surface area contributed by atoms with Gasteiger partial charge in [-0.1, -0.05) is 6.07 Å². The Labute approximate surface area is 108 Å². The highest BCUT2D eigenvalue weighted by Gasteiger charge is 2.16. The average Bonchev–Trinajstić information content (AvgIpc) is 2.91. The zero-order valence-corrected chi connectivity index (χ0v) is 10.1. The van der Waals surface area contributed by atoms with Crippen molar-refractivity contribution >= 4 is 11.6 Å². The summed E-state index contributed by atoms with van der Waals surface area (Å²) >= 11 is 0. The van der Waals surface area contributed by atoms with Crippen LogP contribution in [-0.4, -0.2) is 32.7 Å². The predicted octanol–water partition coefficient (Wildman–Crippen LogP) is 1.58. The van der Waals surface area contributed by atoms with Crippen molar-refractivity contribution in [3.63, 3.8) is 0 Å². The molecule has 94 valence electrons. The monoisotopic (exact) mass is 254 g/mol. The van der Waals surface area contributed by atoms with Gasteiger partial charge in [0.25, 0.3) is 0 Å². The second kappa shape index (κ2) is 4.49. The van der Waals surface area contributed by atoms with Crippen LogP contribution in [0.4, 0.5) is 0 Å². The molecule has 0 saturated carbocycles. The molecule has 19 heavy (non-hydrogen) atoms. The molecule has 0 atom stereocenters. The number of aromatic nitrogens is 4.